The van der Waals surface area contributed by atoms with Gasteiger partial charge in [-0.25, -0.2) is 4.98 Å². The molecule has 1 aromatic heterocycles. The third-order valence-corrected chi connectivity index (χ3v) is 3.65. The maximum atomic E-state index is 10.6. The van der Waals surface area contributed by atoms with Gasteiger partial charge in [-0.3, -0.25) is 10.1 Å². The topological polar surface area (TPSA) is 68.1 Å². The second-order valence-electron chi connectivity index (χ2n) is 4.95. The molecule has 0 saturated heterocycles. The molecule has 1 aliphatic rings. The van der Waals surface area contributed by atoms with Gasteiger partial charge >= 0.3 is 0 Å². The molecular weight excluding hydrogens is 254 g/mol. The van der Waals surface area contributed by atoms with Crippen LogP contribution in [0.3, 0.4) is 0 Å². The highest BCUT2D eigenvalue weighted by molar-refractivity contribution is 5.44. The zero-order valence-electron chi connectivity index (χ0n) is 11.0. The SMILES string of the molecule is O=[N+]([O-])c1ccc(N[C@@H]2CCCc3ccccc32)nc1. The molecule has 5 heteroatoms. The number of aryl methyl sites for hydroxylation is 1. The summed E-state index contributed by atoms with van der Waals surface area (Å²) in [5.74, 6) is 0.678. The first-order valence-electron chi connectivity index (χ1n) is 6.69. The zero-order valence-corrected chi connectivity index (χ0v) is 11.0. The largest absolute Gasteiger partial charge is 0.363 e. The molecule has 0 saturated carbocycles. The highest BCUT2D eigenvalue weighted by Crippen LogP contribution is 2.32. The molecule has 0 spiro atoms. The average molecular weight is 269 g/mol. The van der Waals surface area contributed by atoms with Gasteiger partial charge in [0.2, 0.25) is 0 Å². The van der Waals surface area contributed by atoms with Crippen LogP contribution in [0.5, 0.6) is 0 Å². The molecule has 0 unspecified atom stereocenters. The van der Waals surface area contributed by atoms with Gasteiger partial charge in [-0.15, -0.1) is 0 Å². The molecule has 1 heterocycles. The van der Waals surface area contributed by atoms with E-state index in [4.69, 9.17) is 0 Å². The van der Waals surface area contributed by atoms with E-state index in [9.17, 15) is 10.1 Å². The predicted octanol–water partition coefficient (Wildman–Crippen LogP) is 3.48. The van der Waals surface area contributed by atoms with E-state index in [2.05, 4.69) is 28.5 Å². The Morgan fingerprint density at radius 2 is 2.10 bits per heavy atom. The third kappa shape index (κ3) is 2.47. The van der Waals surface area contributed by atoms with Gasteiger partial charge in [-0.1, -0.05) is 24.3 Å². The van der Waals surface area contributed by atoms with Gasteiger partial charge in [0.15, 0.2) is 0 Å². The summed E-state index contributed by atoms with van der Waals surface area (Å²) in [6, 6.07) is 11.8. The monoisotopic (exact) mass is 269 g/mol. The van der Waals surface area contributed by atoms with E-state index in [1.807, 2.05) is 6.07 Å². The van der Waals surface area contributed by atoms with Gasteiger partial charge in [0.05, 0.1) is 11.0 Å². The van der Waals surface area contributed by atoms with E-state index in [0.717, 1.165) is 19.3 Å². The van der Waals surface area contributed by atoms with Crippen LogP contribution in [-0.4, -0.2) is 9.91 Å². The van der Waals surface area contributed by atoms with E-state index in [1.165, 1.54) is 23.4 Å². The van der Waals surface area contributed by atoms with E-state index >= 15 is 0 Å². The summed E-state index contributed by atoms with van der Waals surface area (Å²) in [5.41, 5.74) is 2.69. The Morgan fingerprint density at radius 1 is 1.25 bits per heavy atom. The molecule has 0 amide bonds. The number of hydrogen-bond donors (Lipinski definition) is 1. The van der Waals surface area contributed by atoms with Crippen LogP contribution >= 0.6 is 0 Å². The quantitative estimate of drug-likeness (QED) is 0.684. The fourth-order valence-electron chi connectivity index (χ4n) is 2.66. The van der Waals surface area contributed by atoms with Crippen molar-refractivity contribution in [2.24, 2.45) is 0 Å². The van der Waals surface area contributed by atoms with Gasteiger partial charge in [0, 0.05) is 6.07 Å². The van der Waals surface area contributed by atoms with Gasteiger partial charge in [0.25, 0.3) is 5.69 Å². The predicted molar refractivity (Wildman–Crippen MR) is 76.6 cm³/mol. The maximum Gasteiger partial charge on any atom is 0.287 e. The summed E-state index contributed by atoms with van der Waals surface area (Å²) >= 11 is 0. The molecule has 1 N–H and O–H groups in total. The summed E-state index contributed by atoms with van der Waals surface area (Å²) in [4.78, 5) is 14.3. The summed E-state index contributed by atoms with van der Waals surface area (Å²) in [6.45, 7) is 0. The van der Waals surface area contributed by atoms with E-state index in [-0.39, 0.29) is 11.7 Å². The molecule has 2 aromatic rings. The van der Waals surface area contributed by atoms with Crippen molar-refractivity contribution in [2.75, 3.05) is 5.32 Å². The number of nitrogens with zero attached hydrogens (tertiary/aromatic N) is 2. The number of fused-ring (bicyclic) bond motifs is 1. The number of hydrogen-bond acceptors (Lipinski definition) is 4. The lowest BCUT2D eigenvalue weighted by Crippen LogP contribution is -2.17. The van der Waals surface area contributed by atoms with Crippen LogP contribution in [-0.2, 0) is 6.42 Å². The maximum absolute atomic E-state index is 10.6. The molecule has 1 aliphatic carbocycles. The Morgan fingerprint density at radius 3 is 2.85 bits per heavy atom. The zero-order chi connectivity index (χ0) is 13.9. The number of pyridine rings is 1. The van der Waals surface area contributed by atoms with E-state index in [1.54, 1.807) is 6.07 Å². The van der Waals surface area contributed by atoms with Crippen molar-refractivity contribution in [3.63, 3.8) is 0 Å². The van der Waals surface area contributed by atoms with Gasteiger partial charge in [0.1, 0.15) is 12.0 Å². The molecule has 102 valence electrons. The average Bonchev–Trinajstić information content (AvgIpc) is 2.48. The Hall–Kier alpha value is -2.43. The molecule has 0 bridgehead atoms. The van der Waals surface area contributed by atoms with E-state index in [0.29, 0.717) is 5.82 Å². The summed E-state index contributed by atoms with van der Waals surface area (Å²) < 4.78 is 0. The first-order chi connectivity index (χ1) is 9.74. The van der Waals surface area contributed by atoms with Crippen molar-refractivity contribution < 1.29 is 4.92 Å². The minimum absolute atomic E-state index is 0.0135. The van der Waals surface area contributed by atoms with Crippen molar-refractivity contribution >= 4 is 11.5 Å². The van der Waals surface area contributed by atoms with Crippen molar-refractivity contribution in [1.82, 2.24) is 4.98 Å². The van der Waals surface area contributed by atoms with Crippen LogP contribution < -0.4 is 5.32 Å². The molecule has 0 radical (unpaired) electrons. The van der Waals surface area contributed by atoms with Crippen LogP contribution in [0.15, 0.2) is 42.6 Å². The molecule has 1 atom stereocenters. The van der Waals surface area contributed by atoms with Crippen LogP contribution in [0, 0.1) is 10.1 Å². The Labute approximate surface area is 116 Å². The lowest BCUT2D eigenvalue weighted by Gasteiger charge is -2.26. The summed E-state index contributed by atoms with van der Waals surface area (Å²) in [5, 5.41) is 14.0. The Bertz CT molecular complexity index is 625. The molecule has 20 heavy (non-hydrogen) atoms. The van der Waals surface area contributed by atoms with Crippen LogP contribution in [0.25, 0.3) is 0 Å². The first kappa shape index (κ1) is 12.6. The molecule has 0 aliphatic heterocycles. The summed E-state index contributed by atoms with van der Waals surface area (Å²) in [7, 11) is 0. The highest BCUT2D eigenvalue weighted by Gasteiger charge is 2.19. The number of benzene rings is 1. The smallest absolute Gasteiger partial charge is 0.287 e. The second kappa shape index (κ2) is 5.28. The lowest BCUT2D eigenvalue weighted by atomic mass is 9.88. The Balaban J connectivity index is 1.80. The molecule has 5 nitrogen and oxygen atoms in total. The number of aromatic nitrogens is 1. The van der Waals surface area contributed by atoms with Crippen molar-refractivity contribution in [2.45, 2.75) is 25.3 Å². The minimum atomic E-state index is -0.438. The standard InChI is InChI=1S/C15H15N3O2/c19-18(20)12-8-9-15(16-10-12)17-14-7-3-5-11-4-1-2-6-13(11)14/h1-2,4,6,8-10,14H,3,5,7H2,(H,16,17)/t14-/m1/s1. The first-order valence-corrected chi connectivity index (χ1v) is 6.69. The van der Waals surface area contributed by atoms with E-state index < -0.39 is 4.92 Å². The van der Waals surface area contributed by atoms with Gasteiger partial charge in [-0.2, -0.15) is 0 Å². The number of rotatable bonds is 3. The second-order valence-corrected chi connectivity index (χ2v) is 4.95. The highest BCUT2D eigenvalue weighted by atomic mass is 16.6. The lowest BCUT2D eigenvalue weighted by molar-refractivity contribution is -0.385. The van der Waals surface area contributed by atoms with Gasteiger partial charge < -0.3 is 5.32 Å². The molecule has 0 fully saturated rings. The third-order valence-electron chi connectivity index (χ3n) is 3.65. The minimum Gasteiger partial charge on any atom is -0.363 e. The number of anilines is 1. The fraction of sp³-hybridized carbons (Fsp3) is 0.267. The van der Waals surface area contributed by atoms with Crippen LogP contribution in [0.1, 0.15) is 30.0 Å². The van der Waals surface area contributed by atoms with Crippen molar-refractivity contribution in [3.05, 3.63) is 63.8 Å². The fourth-order valence-corrected chi connectivity index (χ4v) is 2.66. The normalized spacial score (nSPS) is 17.3. The van der Waals surface area contributed by atoms with Crippen molar-refractivity contribution in [1.29, 1.82) is 0 Å². The molecule has 3 rings (SSSR count). The number of nitro groups is 1. The van der Waals surface area contributed by atoms with Crippen LogP contribution in [0.4, 0.5) is 11.5 Å². The van der Waals surface area contributed by atoms with Crippen molar-refractivity contribution in [3.8, 4) is 0 Å². The number of nitrogens with one attached hydrogen (secondary N) is 1. The molecular formula is C15H15N3O2. The Kier molecular flexibility index (Phi) is 3.33. The van der Waals surface area contributed by atoms with Gasteiger partial charge in [-0.05, 0) is 36.5 Å². The summed E-state index contributed by atoms with van der Waals surface area (Å²) in [6.07, 6.45) is 4.59. The van der Waals surface area contributed by atoms with Crippen LogP contribution in [0.2, 0.25) is 0 Å². The molecule has 1 aromatic carbocycles.